The van der Waals surface area contributed by atoms with Gasteiger partial charge in [-0.15, -0.1) is 0 Å². The van der Waals surface area contributed by atoms with Crippen molar-refractivity contribution in [3.8, 4) is 5.69 Å². The smallest absolute Gasteiger partial charge is 0.332 e. The van der Waals surface area contributed by atoms with E-state index in [-0.39, 0.29) is 22.5 Å². The highest BCUT2D eigenvalue weighted by molar-refractivity contribution is 6.01. The number of carbonyl (C=O) groups excluding carboxylic acids is 1. The molecule has 3 aromatic rings. The molecule has 0 radical (unpaired) electrons. The maximum absolute atomic E-state index is 13.8. The minimum absolute atomic E-state index is 0.0258. The summed E-state index contributed by atoms with van der Waals surface area (Å²) < 4.78 is 14.8. The number of nitrogens with one attached hydrogen (secondary N) is 1. The molecule has 2 aromatic heterocycles. The van der Waals surface area contributed by atoms with Gasteiger partial charge < -0.3 is 10.7 Å². The fourth-order valence-electron chi connectivity index (χ4n) is 1.96. The number of carbonyl (C=O) groups is 1. The average Bonchev–Trinajstić information content (AvgIpc) is 2.75. The Bertz CT molecular complexity index is 883. The lowest BCUT2D eigenvalue weighted by Gasteiger charge is -2.03. The van der Waals surface area contributed by atoms with Gasteiger partial charge in [-0.3, -0.25) is 4.79 Å². The van der Waals surface area contributed by atoms with E-state index < -0.39 is 17.4 Å². The third kappa shape index (κ3) is 1.66. The second kappa shape index (κ2) is 4.26. The number of primary amides is 1. The Morgan fingerprint density at radius 3 is 2.75 bits per heavy atom. The minimum atomic E-state index is -0.806. The fraction of sp³-hybridized carbons (Fsp3) is 0. The first kappa shape index (κ1) is 12.0. The fourth-order valence-corrected chi connectivity index (χ4v) is 1.96. The molecule has 0 saturated carbocycles. The number of rotatable bonds is 2. The van der Waals surface area contributed by atoms with E-state index in [9.17, 15) is 14.0 Å². The Balaban J connectivity index is 2.42. The van der Waals surface area contributed by atoms with E-state index in [0.29, 0.717) is 0 Å². The molecular weight excluding hydrogens is 265 g/mol. The predicted molar refractivity (Wildman–Crippen MR) is 68.0 cm³/mol. The van der Waals surface area contributed by atoms with E-state index in [1.54, 1.807) is 6.07 Å². The average molecular weight is 273 g/mol. The number of amides is 1. The van der Waals surface area contributed by atoms with Gasteiger partial charge >= 0.3 is 5.69 Å². The number of H-pyrrole nitrogens is 1. The molecule has 0 atom stereocenters. The van der Waals surface area contributed by atoms with Gasteiger partial charge in [-0.1, -0.05) is 12.1 Å². The van der Waals surface area contributed by atoms with Gasteiger partial charge in [0.15, 0.2) is 11.3 Å². The zero-order valence-electron chi connectivity index (χ0n) is 10.0. The third-order valence-corrected chi connectivity index (χ3v) is 2.80. The van der Waals surface area contributed by atoms with Crippen LogP contribution < -0.4 is 11.4 Å². The maximum Gasteiger partial charge on any atom is 0.332 e. The van der Waals surface area contributed by atoms with E-state index in [4.69, 9.17) is 5.73 Å². The highest BCUT2D eigenvalue weighted by Gasteiger charge is 2.18. The molecule has 0 bridgehead atoms. The van der Waals surface area contributed by atoms with Crippen LogP contribution in [0, 0.1) is 5.82 Å². The summed E-state index contributed by atoms with van der Waals surface area (Å²) in [5.74, 6) is -1.39. The number of nitrogens with two attached hydrogens (primary N) is 1. The lowest BCUT2D eigenvalue weighted by atomic mass is 10.3. The van der Waals surface area contributed by atoms with Gasteiger partial charge in [-0.25, -0.2) is 23.7 Å². The topological polar surface area (TPSA) is 107 Å². The standard InChI is InChI=1S/C12H8FN5O2/c13-6-3-1-2-4-7(6)18-11-9(17-12(18)20)8(10(14)19)15-5-16-11/h1-5H,(H2,14,19)(H,17,20). The number of hydrogen-bond acceptors (Lipinski definition) is 4. The van der Waals surface area contributed by atoms with Crippen LogP contribution in [0.3, 0.4) is 0 Å². The van der Waals surface area contributed by atoms with Crippen LogP contribution in [0.25, 0.3) is 16.9 Å². The van der Waals surface area contributed by atoms with Crippen LogP contribution in [0.4, 0.5) is 4.39 Å². The molecule has 2 heterocycles. The van der Waals surface area contributed by atoms with E-state index in [1.807, 2.05) is 0 Å². The number of fused-ring (bicyclic) bond motifs is 1. The maximum atomic E-state index is 13.8. The van der Waals surface area contributed by atoms with Crippen LogP contribution in [0.15, 0.2) is 35.4 Å². The van der Waals surface area contributed by atoms with Crippen molar-refractivity contribution >= 4 is 17.1 Å². The quantitative estimate of drug-likeness (QED) is 0.702. The molecule has 1 aromatic carbocycles. The molecule has 8 heteroatoms. The number of halogens is 1. The molecule has 20 heavy (non-hydrogen) atoms. The van der Waals surface area contributed by atoms with Crippen LogP contribution in [-0.4, -0.2) is 25.4 Å². The van der Waals surface area contributed by atoms with E-state index in [1.165, 1.54) is 18.2 Å². The number of aromatic amines is 1. The first-order valence-corrected chi connectivity index (χ1v) is 5.60. The van der Waals surface area contributed by atoms with Gasteiger partial charge in [0, 0.05) is 0 Å². The summed E-state index contributed by atoms with van der Waals surface area (Å²) in [6.07, 6.45) is 1.09. The number of aromatic nitrogens is 4. The first-order chi connectivity index (χ1) is 9.59. The molecule has 3 rings (SSSR count). The molecule has 0 aliphatic heterocycles. The molecule has 0 spiro atoms. The van der Waals surface area contributed by atoms with Crippen molar-refractivity contribution in [2.24, 2.45) is 5.73 Å². The molecule has 0 unspecified atom stereocenters. The summed E-state index contributed by atoms with van der Waals surface area (Å²) in [5, 5.41) is 0. The molecule has 0 fully saturated rings. The monoisotopic (exact) mass is 273 g/mol. The summed E-state index contributed by atoms with van der Waals surface area (Å²) >= 11 is 0. The zero-order chi connectivity index (χ0) is 14.3. The number of nitrogens with zero attached hydrogens (tertiary/aromatic N) is 3. The second-order valence-electron chi connectivity index (χ2n) is 4.00. The molecule has 0 saturated heterocycles. The molecule has 3 N–H and O–H groups in total. The molecule has 7 nitrogen and oxygen atoms in total. The second-order valence-corrected chi connectivity index (χ2v) is 4.00. The zero-order valence-corrected chi connectivity index (χ0v) is 10.0. The van der Waals surface area contributed by atoms with Gasteiger partial charge in [0.1, 0.15) is 17.7 Å². The van der Waals surface area contributed by atoms with Crippen molar-refractivity contribution in [2.75, 3.05) is 0 Å². The summed E-state index contributed by atoms with van der Waals surface area (Å²) in [4.78, 5) is 33.3. The van der Waals surface area contributed by atoms with Crippen molar-refractivity contribution in [1.82, 2.24) is 19.5 Å². The summed E-state index contributed by atoms with van der Waals surface area (Å²) in [6.45, 7) is 0. The third-order valence-electron chi connectivity index (χ3n) is 2.80. The van der Waals surface area contributed by atoms with Crippen LogP contribution in [0.1, 0.15) is 10.5 Å². The van der Waals surface area contributed by atoms with Crippen molar-refractivity contribution in [3.63, 3.8) is 0 Å². The Morgan fingerprint density at radius 2 is 2.05 bits per heavy atom. The van der Waals surface area contributed by atoms with Gasteiger partial charge in [0.05, 0.1) is 5.69 Å². The Hall–Kier alpha value is -3.03. The lowest BCUT2D eigenvalue weighted by Crippen LogP contribution is -2.16. The summed E-state index contributed by atoms with van der Waals surface area (Å²) in [7, 11) is 0. The van der Waals surface area contributed by atoms with Crippen molar-refractivity contribution in [1.29, 1.82) is 0 Å². The number of para-hydroxylation sites is 1. The van der Waals surface area contributed by atoms with E-state index in [2.05, 4.69) is 15.0 Å². The van der Waals surface area contributed by atoms with Crippen molar-refractivity contribution < 1.29 is 9.18 Å². The van der Waals surface area contributed by atoms with Crippen LogP contribution in [0.5, 0.6) is 0 Å². The molecule has 0 aliphatic rings. The molecule has 0 aliphatic carbocycles. The summed E-state index contributed by atoms with van der Waals surface area (Å²) in [5.41, 5.74) is 4.61. The molecule has 1 amide bonds. The van der Waals surface area contributed by atoms with E-state index in [0.717, 1.165) is 10.9 Å². The van der Waals surface area contributed by atoms with Gasteiger partial charge in [-0.05, 0) is 12.1 Å². The van der Waals surface area contributed by atoms with Crippen LogP contribution in [-0.2, 0) is 0 Å². The highest BCUT2D eigenvalue weighted by Crippen LogP contribution is 2.17. The highest BCUT2D eigenvalue weighted by atomic mass is 19.1. The number of benzene rings is 1. The number of imidazole rings is 1. The van der Waals surface area contributed by atoms with E-state index >= 15 is 0 Å². The minimum Gasteiger partial charge on any atom is -0.364 e. The van der Waals surface area contributed by atoms with Gasteiger partial charge in [0.2, 0.25) is 0 Å². The Labute approximate surface area is 110 Å². The van der Waals surface area contributed by atoms with Gasteiger partial charge in [-0.2, -0.15) is 0 Å². The van der Waals surface area contributed by atoms with Crippen LogP contribution in [0.2, 0.25) is 0 Å². The lowest BCUT2D eigenvalue weighted by molar-refractivity contribution is 0.0997. The first-order valence-electron chi connectivity index (χ1n) is 5.60. The molecular formula is C12H8FN5O2. The predicted octanol–water partition coefficient (Wildman–Crippen LogP) is 0.347. The van der Waals surface area contributed by atoms with Gasteiger partial charge in [0.25, 0.3) is 5.91 Å². The SMILES string of the molecule is NC(=O)c1ncnc2c1[nH]c(=O)n2-c1ccccc1F. The Morgan fingerprint density at radius 1 is 1.30 bits per heavy atom. The van der Waals surface area contributed by atoms with Crippen molar-refractivity contribution in [2.45, 2.75) is 0 Å². The Kier molecular flexibility index (Phi) is 2.56. The summed E-state index contributed by atoms with van der Waals surface area (Å²) in [6, 6.07) is 5.73. The largest absolute Gasteiger partial charge is 0.364 e. The normalized spacial score (nSPS) is 10.8. The van der Waals surface area contributed by atoms with Crippen LogP contribution >= 0.6 is 0 Å². The number of hydrogen-bond donors (Lipinski definition) is 2. The molecule has 100 valence electrons. The van der Waals surface area contributed by atoms with Crippen molar-refractivity contribution in [3.05, 3.63) is 52.6 Å².